The van der Waals surface area contributed by atoms with Crippen molar-refractivity contribution in [3.8, 4) is 0 Å². The number of hydrogen-bond acceptors (Lipinski definition) is 2. The molecule has 1 fully saturated rings. The van der Waals surface area contributed by atoms with Crippen molar-refractivity contribution >= 4 is 22.0 Å². The maximum atomic E-state index is 10.7. The first-order valence-corrected chi connectivity index (χ1v) is 4.36. The first-order valence-electron chi connectivity index (χ1n) is 2.54. The van der Waals surface area contributed by atoms with Crippen LogP contribution in [0.4, 0.5) is 0 Å². The molecule has 54 valence electrons. The van der Waals surface area contributed by atoms with E-state index in [1.54, 1.807) is 4.24 Å². The molecule has 0 aromatic rings. The van der Waals surface area contributed by atoms with Crippen molar-refractivity contribution in [3.63, 3.8) is 0 Å². The molecule has 6 heteroatoms. The van der Waals surface area contributed by atoms with Crippen LogP contribution in [0.15, 0.2) is 0 Å². The van der Waals surface area contributed by atoms with E-state index in [0.717, 1.165) is 6.42 Å². The maximum Gasteiger partial charge on any atom is 0.292 e. The molecule has 0 aromatic heterocycles. The Morgan fingerprint density at radius 1 is 1.44 bits per heavy atom. The van der Waals surface area contributed by atoms with Crippen molar-refractivity contribution in [3.05, 3.63) is 0 Å². The highest BCUT2D eigenvalue weighted by atomic mass is 35.5. The highest BCUT2D eigenvalue weighted by Crippen LogP contribution is 2.10. The van der Waals surface area contributed by atoms with Crippen LogP contribution >= 0.6 is 11.8 Å². The lowest BCUT2D eigenvalue weighted by Crippen LogP contribution is -2.45. The lowest BCUT2D eigenvalue weighted by molar-refractivity contribution is 0.308. The minimum Gasteiger partial charge on any atom is -0.194 e. The van der Waals surface area contributed by atoms with E-state index in [-0.39, 0.29) is 0 Å². The highest BCUT2D eigenvalue weighted by molar-refractivity contribution is 7.88. The average molecular weight is 171 g/mol. The molecule has 1 N–H and O–H groups in total. The summed E-state index contributed by atoms with van der Waals surface area (Å²) in [4.78, 5) is 0. The quantitative estimate of drug-likeness (QED) is 0.578. The molecule has 1 rings (SSSR count). The van der Waals surface area contributed by atoms with Gasteiger partial charge >= 0.3 is 0 Å². The van der Waals surface area contributed by atoms with Crippen molar-refractivity contribution in [2.45, 2.75) is 6.42 Å². The monoisotopic (exact) mass is 170 g/mol. The minimum atomic E-state index is -3.31. The Bertz CT molecular complexity index is 186. The summed E-state index contributed by atoms with van der Waals surface area (Å²) in [7, 11) is -3.31. The molecule has 0 spiro atoms. The SMILES string of the molecule is O=S(=O)(NCl)N1CCC1. The zero-order valence-corrected chi connectivity index (χ0v) is 6.24. The fourth-order valence-electron chi connectivity index (χ4n) is 0.576. The molecule has 9 heavy (non-hydrogen) atoms. The van der Waals surface area contributed by atoms with E-state index >= 15 is 0 Å². The van der Waals surface area contributed by atoms with E-state index in [4.69, 9.17) is 11.8 Å². The second-order valence-electron chi connectivity index (χ2n) is 1.83. The first-order chi connectivity index (χ1) is 4.17. The molecular formula is C3H7ClN2O2S. The fraction of sp³-hybridized carbons (Fsp3) is 1.00. The van der Waals surface area contributed by atoms with Crippen LogP contribution in [0.1, 0.15) is 6.42 Å². The molecule has 0 bridgehead atoms. The molecular weight excluding hydrogens is 164 g/mol. The number of halogens is 1. The molecule has 0 aromatic carbocycles. The molecule has 1 saturated heterocycles. The van der Waals surface area contributed by atoms with Gasteiger partial charge in [-0.3, -0.25) is 0 Å². The lowest BCUT2D eigenvalue weighted by Gasteiger charge is -2.27. The van der Waals surface area contributed by atoms with Gasteiger partial charge in [0.2, 0.25) is 0 Å². The highest BCUT2D eigenvalue weighted by Gasteiger charge is 2.26. The minimum absolute atomic E-state index is 0.585. The zero-order valence-electron chi connectivity index (χ0n) is 4.67. The van der Waals surface area contributed by atoms with E-state index in [0.29, 0.717) is 13.1 Å². The summed E-state index contributed by atoms with van der Waals surface area (Å²) in [5.74, 6) is 0. The van der Waals surface area contributed by atoms with Gasteiger partial charge in [0.1, 0.15) is 0 Å². The standard InChI is InChI=1S/C3H7ClN2O2S/c4-5-9(7,8)6-2-1-3-6/h5H,1-3H2. The van der Waals surface area contributed by atoms with Gasteiger partial charge in [-0.15, -0.1) is 4.24 Å². The van der Waals surface area contributed by atoms with Gasteiger partial charge in [0.25, 0.3) is 10.2 Å². The van der Waals surface area contributed by atoms with Crippen molar-refractivity contribution in [1.29, 1.82) is 0 Å². The van der Waals surface area contributed by atoms with E-state index in [2.05, 4.69) is 0 Å². The van der Waals surface area contributed by atoms with Gasteiger partial charge in [0.15, 0.2) is 0 Å². The molecule has 0 saturated carbocycles. The second kappa shape index (κ2) is 2.42. The Kier molecular flexibility index (Phi) is 1.95. The zero-order chi connectivity index (χ0) is 6.91. The topological polar surface area (TPSA) is 49.4 Å². The Balaban J connectivity index is 2.59. The Morgan fingerprint density at radius 3 is 2.11 bits per heavy atom. The molecule has 0 unspecified atom stereocenters. The third kappa shape index (κ3) is 1.35. The lowest BCUT2D eigenvalue weighted by atomic mass is 10.3. The van der Waals surface area contributed by atoms with E-state index in [1.165, 1.54) is 4.31 Å². The summed E-state index contributed by atoms with van der Waals surface area (Å²) in [5, 5.41) is 0. The molecule has 0 amide bonds. The molecule has 1 aliphatic rings. The molecule has 0 aliphatic carbocycles. The van der Waals surface area contributed by atoms with Crippen molar-refractivity contribution in [1.82, 2.24) is 8.55 Å². The van der Waals surface area contributed by atoms with Crippen LogP contribution in [0.2, 0.25) is 0 Å². The Labute approximate surface area is 59.1 Å². The van der Waals surface area contributed by atoms with Gasteiger partial charge in [-0.2, -0.15) is 12.7 Å². The average Bonchev–Trinajstić information content (AvgIpc) is 1.60. The second-order valence-corrected chi connectivity index (χ2v) is 3.92. The smallest absolute Gasteiger partial charge is 0.194 e. The van der Waals surface area contributed by atoms with E-state index in [1.807, 2.05) is 0 Å². The normalized spacial score (nSPS) is 21.4. The van der Waals surface area contributed by atoms with Crippen molar-refractivity contribution in [2.24, 2.45) is 0 Å². The van der Waals surface area contributed by atoms with Crippen LogP contribution in [0, 0.1) is 0 Å². The molecule has 1 heterocycles. The molecule has 0 atom stereocenters. The van der Waals surface area contributed by atoms with Crippen LogP contribution in [-0.4, -0.2) is 25.8 Å². The van der Waals surface area contributed by atoms with E-state index in [9.17, 15) is 8.42 Å². The summed E-state index contributed by atoms with van der Waals surface area (Å²) in [6.07, 6.45) is 0.928. The van der Waals surface area contributed by atoms with Gasteiger partial charge in [0, 0.05) is 13.1 Å². The van der Waals surface area contributed by atoms with Crippen LogP contribution in [-0.2, 0) is 10.2 Å². The van der Waals surface area contributed by atoms with Crippen LogP contribution < -0.4 is 4.24 Å². The van der Waals surface area contributed by atoms with E-state index < -0.39 is 10.2 Å². The Hall–Kier alpha value is 0.160. The van der Waals surface area contributed by atoms with Gasteiger partial charge in [0.05, 0.1) is 0 Å². The van der Waals surface area contributed by atoms with Crippen LogP contribution in [0.3, 0.4) is 0 Å². The van der Waals surface area contributed by atoms with Gasteiger partial charge in [-0.05, 0) is 18.2 Å². The fourth-order valence-corrected chi connectivity index (χ4v) is 1.71. The van der Waals surface area contributed by atoms with Crippen LogP contribution in [0.5, 0.6) is 0 Å². The third-order valence-electron chi connectivity index (χ3n) is 1.25. The van der Waals surface area contributed by atoms with Gasteiger partial charge < -0.3 is 0 Å². The number of nitrogens with one attached hydrogen (secondary N) is 1. The predicted molar refractivity (Wildman–Crippen MR) is 34.1 cm³/mol. The Morgan fingerprint density at radius 2 is 2.00 bits per heavy atom. The molecule has 0 radical (unpaired) electrons. The number of rotatable bonds is 2. The van der Waals surface area contributed by atoms with Crippen molar-refractivity contribution in [2.75, 3.05) is 13.1 Å². The summed E-state index contributed by atoms with van der Waals surface area (Å²) in [5.41, 5.74) is 0. The number of nitrogens with zero attached hydrogens (tertiary/aromatic N) is 1. The molecule has 4 nitrogen and oxygen atoms in total. The summed E-state index contributed by atoms with van der Waals surface area (Å²) in [6.45, 7) is 1.17. The summed E-state index contributed by atoms with van der Waals surface area (Å²) < 4.78 is 24.3. The third-order valence-corrected chi connectivity index (χ3v) is 3.08. The first kappa shape index (κ1) is 7.27. The van der Waals surface area contributed by atoms with Gasteiger partial charge in [-0.1, -0.05) is 0 Å². The molecule has 1 aliphatic heterocycles. The predicted octanol–water partition coefficient (Wildman–Crippen LogP) is -0.320. The maximum absolute atomic E-state index is 10.7. The van der Waals surface area contributed by atoms with Crippen molar-refractivity contribution < 1.29 is 8.42 Å². The number of hydrogen-bond donors (Lipinski definition) is 1. The summed E-state index contributed by atoms with van der Waals surface area (Å²) in [6, 6.07) is 0. The van der Waals surface area contributed by atoms with Crippen LogP contribution in [0.25, 0.3) is 0 Å². The summed E-state index contributed by atoms with van der Waals surface area (Å²) >= 11 is 4.92. The van der Waals surface area contributed by atoms with Gasteiger partial charge in [-0.25, -0.2) is 0 Å². The largest absolute Gasteiger partial charge is 0.292 e.